The summed E-state index contributed by atoms with van der Waals surface area (Å²) in [6.45, 7) is 0. The van der Waals surface area contributed by atoms with Crippen LogP contribution in [0.2, 0.25) is 10.0 Å². The molecule has 0 saturated heterocycles. The fraction of sp³-hybridized carbons (Fsp3) is 0.158. The molecule has 1 atom stereocenters. The van der Waals surface area contributed by atoms with Crippen LogP contribution in [0.3, 0.4) is 0 Å². The molecule has 0 saturated carbocycles. The van der Waals surface area contributed by atoms with E-state index in [0.717, 1.165) is 23.8 Å². The van der Waals surface area contributed by atoms with Crippen molar-refractivity contribution >= 4 is 34.0 Å². The van der Waals surface area contributed by atoms with E-state index in [-0.39, 0.29) is 0 Å². The number of aryl methyl sites for hydroxylation is 2. The molecule has 3 heteroatoms. The van der Waals surface area contributed by atoms with Gasteiger partial charge >= 0.3 is 0 Å². The zero-order valence-corrected chi connectivity index (χ0v) is 13.3. The predicted molar refractivity (Wildman–Crippen MR) is 91.9 cm³/mol. The van der Waals surface area contributed by atoms with Gasteiger partial charge in [-0.05, 0) is 52.4 Å². The lowest BCUT2D eigenvalue weighted by Crippen LogP contribution is -2.02. The van der Waals surface area contributed by atoms with Gasteiger partial charge in [0, 0.05) is 15.6 Å². The van der Waals surface area contributed by atoms with Crippen molar-refractivity contribution in [3.05, 3.63) is 80.8 Å². The van der Waals surface area contributed by atoms with Crippen LogP contribution >= 0.6 is 23.2 Å². The number of halogens is 2. The number of hydrogen-bond donors (Lipinski definition) is 1. The molecule has 1 aliphatic rings. The van der Waals surface area contributed by atoms with Crippen molar-refractivity contribution in [2.45, 2.75) is 18.9 Å². The lowest BCUT2D eigenvalue weighted by atomic mass is 9.93. The average Bonchev–Trinajstić information content (AvgIpc) is 2.92. The Morgan fingerprint density at radius 2 is 1.59 bits per heavy atom. The number of hydrogen-bond acceptors (Lipinski definition) is 1. The Morgan fingerprint density at radius 3 is 2.36 bits per heavy atom. The summed E-state index contributed by atoms with van der Waals surface area (Å²) in [5.74, 6) is 0. The fourth-order valence-electron chi connectivity index (χ4n) is 3.40. The summed E-state index contributed by atoms with van der Waals surface area (Å²) >= 11 is 12.2. The van der Waals surface area contributed by atoms with Crippen LogP contribution in [0.5, 0.6) is 0 Å². The molecule has 110 valence electrons. The third-order valence-corrected chi connectivity index (χ3v) is 5.02. The number of aliphatic hydroxyl groups is 1. The lowest BCUT2D eigenvalue weighted by Gasteiger charge is -2.17. The number of aliphatic hydroxyl groups excluding tert-OH is 1. The standard InChI is InChI=1S/C19H14Cl2O/c20-13-7-9-16(17(21)10-13)19(22)15-8-6-12-5-4-11-2-1-3-14(15)18(11)12/h1-3,6-10,19,22H,4-5H2. The minimum atomic E-state index is -0.755. The first-order valence-electron chi connectivity index (χ1n) is 7.31. The second-order valence-corrected chi connectivity index (χ2v) is 6.57. The van der Waals surface area contributed by atoms with Crippen molar-refractivity contribution < 1.29 is 5.11 Å². The van der Waals surface area contributed by atoms with Crippen LogP contribution in [0.1, 0.15) is 28.4 Å². The highest BCUT2D eigenvalue weighted by Crippen LogP contribution is 2.38. The molecule has 3 aromatic rings. The third-order valence-electron chi connectivity index (χ3n) is 4.46. The molecule has 0 heterocycles. The van der Waals surface area contributed by atoms with Crippen LogP contribution in [-0.2, 0) is 12.8 Å². The van der Waals surface area contributed by atoms with E-state index in [4.69, 9.17) is 23.2 Å². The van der Waals surface area contributed by atoms with Gasteiger partial charge in [-0.2, -0.15) is 0 Å². The first-order valence-corrected chi connectivity index (χ1v) is 8.07. The van der Waals surface area contributed by atoms with Gasteiger partial charge < -0.3 is 5.11 Å². The van der Waals surface area contributed by atoms with Gasteiger partial charge in [0.05, 0.1) is 0 Å². The summed E-state index contributed by atoms with van der Waals surface area (Å²) in [5, 5.41) is 14.3. The summed E-state index contributed by atoms with van der Waals surface area (Å²) in [6, 6.07) is 15.7. The van der Waals surface area contributed by atoms with Crippen molar-refractivity contribution in [2.75, 3.05) is 0 Å². The van der Waals surface area contributed by atoms with E-state index in [2.05, 4.69) is 24.3 Å². The maximum atomic E-state index is 10.8. The van der Waals surface area contributed by atoms with Crippen molar-refractivity contribution in [1.29, 1.82) is 0 Å². The molecule has 1 aliphatic carbocycles. The minimum Gasteiger partial charge on any atom is -0.384 e. The topological polar surface area (TPSA) is 20.2 Å². The summed E-state index contributed by atoms with van der Waals surface area (Å²) in [4.78, 5) is 0. The normalized spacial score (nSPS) is 14.5. The highest BCUT2D eigenvalue weighted by Gasteiger charge is 2.21. The summed E-state index contributed by atoms with van der Waals surface area (Å²) in [6.07, 6.45) is 1.40. The molecule has 0 fully saturated rings. The third kappa shape index (κ3) is 2.13. The summed E-state index contributed by atoms with van der Waals surface area (Å²) < 4.78 is 0. The van der Waals surface area contributed by atoms with Crippen LogP contribution in [0.15, 0.2) is 48.5 Å². The molecule has 1 nitrogen and oxygen atoms in total. The van der Waals surface area contributed by atoms with Crippen molar-refractivity contribution in [3.63, 3.8) is 0 Å². The van der Waals surface area contributed by atoms with Crippen LogP contribution < -0.4 is 0 Å². The Balaban J connectivity index is 1.91. The first kappa shape index (κ1) is 14.1. The van der Waals surface area contributed by atoms with E-state index in [1.807, 2.05) is 6.07 Å². The molecular formula is C19H14Cl2O. The Labute approximate surface area is 139 Å². The zero-order chi connectivity index (χ0) is 15.3. The van der Waals surface area contributed by atoms with Crippen molar-refractivity contribution in [1.82, 2.24) is 0 Å². The number of benzene rings is 3. The van der Waals surface area contributed by atoms with E-state index in [9.17, 15) is 5.11 Å². The average molecular weight is 329 g/mol. The number of rotatable bonds is 2. The maximum absolute atomic E-state index is 10.8. The predicted octanol–water partition coefficient (Wildman–Crippen LogP) is 5.33. The first-order chi connectivity index (χ1) is 10.6. The van der Waals surface area contributed by atoms with Crippen molar-refractivity contribution in [3.8, 4) is 0 Å². The molecule has 4 rings (SSSR count). The van der Waals surface area contributed by atoms with Crippen LogP contribution in [-0.4, -0.2) is 5.11 Å². The highest BCUT2D eigenvalue weighted by atomic mass is 35.5. The van der Waals surface area contributed by atoms with Crippen LogP contribution in [0.25, 0.3) is 10.8 Å². The van der Waals surface area contributed by atoms with E-state index in [1.54, 1.807) is 18.2 Å². The van der Waals surface area contributed by atoms with Crippen LogP contribution in [0, 0.1) is 0 Å². The fourth-order valence-corrected chi connectivity index (χ4v) is 3.91. The monoisotopic (exact) mass is 328 g/mol. The van der Waals surface area contributed by atoms with E-state index < -0.39 is 6.10 Å². The van der Waals surface area contributed by atoms with Crippen molar-refractivity contribution in [2.24, 2.45) is 0 Å². The van der Waals surface area contributed by atoms with Gasteiger partial charge in [-0.1, -0.05) is 59.6 Å². The maximum Gasteiger partial charge on any atom is 0.106 e. The van der Waals surface area contributed by atoms with Gasteiger partial charge in [0.2, 0.25) is 0 Å². The van der Waals surface area contributed by atoms with Gasteiger partial charge in [0.1, 0.15) is 6.10 Å². The smallest absolute Gasteiger partial charge is 0.106 e. The Bertz CT molecular complexity index is 876. The summed E-state index contributed by atoms with van der Waals surface area (Å²) in [7, 11) is 0. The molecule has 0 aromatic heterocycles. The zero-order valence-electron chi connectivity index (χ0n) is 11.8. The van der Waals surface area contributed by atoms with E-state index >= 15 is 0 Å². The second-order valence-electron chi connectivity index (χ2n) is 5.72. The Hall–Kier alpha value is -1.54. The largest absolute Gasteiger partial charge is 0.384 e. The minimum absolute atomic E-state index is 0.489. The SMILES string of the molecule is OC(c1ccc(Cl)cc1Cl)c1ccc2c3c(cccc13)CC2. The molecule has 0 spiro atoms. The molecule has 1 N–H and O–H groups in total. The van der Waals surface area contributed by atoms with Gasteiger partial charge in [-0.15, -0.1) is 0 Å². The Kier molecular flexibility index (Phi) is 3.37. The van der Waals surface area contributed by atoms with Gasteiger partial charge in [0.15, 0.2) is 0 Å². The molecule has 3 aromatic carbocycles. The molecular weight excluding hydrogens is 315 g/mol. The van der Waals surface area contributed by atoms with E-state index in [1.165, 1.54) is 16.5 Å². The Morgan fingerprint density at radius 1 is 0.864 bits per heavy atom. The molecule has 0 bridgehead atoms. The molecule has 22 heavy (non-hydrogen) atoms. The summed E-state index contributed by atoms with van der Waals surface area (Å²) in [5.41, 5.74) is 4.31. The van der Waals surface area contributed by atoms with Gasteiger partial charge in [0.25, 0.3) is 0 Å². The molecule has 1 unspecified atom stereocenters. The quantitative estimate of drug-likeness (QED) is 0.674. The van der Waals surface area contributed by atoms with Gasteiger partial charge in [-0.25, -0.2) is 0 Å². The van der Waals surface area contributed by atoms with Crippen LogP contribution in [0.4, 0.5) is 0 Å². The molecule has 0 radical (unpaired) electrons. The highest BCUT2D eigenvalue weighted by molar-refractivity contribution is 6.35. The molecule has 0 amide bonds. The lowest BCUT2D eigenvalue weighted by molar-refractivity contribution is 0.222. The van der Waals surface area contributed by atoms with E-state index in [0.29, 0.717) is 15.6 Å². The molecule has 0 aliphatic heterocycles. The second kappa shape index (κ2) is 5.27. The van der Waals surface area contributed by atoms with Gasteiger partial charge in [-0.3, -0.25) is 0 Å².